The van der Waals surface area contributed by atoms with E-state index in [1.807, 2.05) is 12.1 Å². The summed E-state index contributed by atoms with van der Waals surface area (Å²) in [4.78, 5) is 0. The second-order valence-corrected chi connectivity index (χ2v) is 6.01. The Morgan fingerprint density at radius 2 is 1.95 bits per heavy atom. The van der Waals surface area contributed by atoms with Gasteiger partial charge in [-0.1, -0.05) is 33.6 Å². The molecule has 2 N–H and O–H groups in total. The number of anilines is 1. The van der Waals surface area contributed by atoms with Crippen molar-refractivity contribution in [3.63, 3.8) is 0 Å². The van der Waals surface area contributed by atoms with Crippen molar-refractivity contribution < 1.29 is 9.13 Å². The highest BCUT2D eigenvalue weighted by atomic mass is 79.9. The zero-order valence-electron chi connectivity index (χ0n) is 9.59. The highest BCUT2D eigenvalue weighted by Gasteiger charge is 2.08. The van der Waals surface area contributed by atoms with E-state index in [0.717, 1.165) is 10.0 Å². The summed E-state index contributed by atoms with van der Waals surface area (Å²) in [5.74, 6) is -0.134. The van der Waals surface area contributed by atoms with Crippen LogP contribution in [-0.4, -0.2) is 0 Å². The highest BCUT2D eigenvalue weighted by Crippen LogP contribution is 2.30. The lowest BCUT2D eigenvalue weighted by molar-refractivity contribution is 0.306. The van der Waals surface area contributed by atoms with Crippen LogP contribution < -0.4 is 10.5 Å². The fourth-order valence-electron chi connectivity index (χ4n) is 1.46. The van der Waals surface area contributed by atoms with Crippen LogP contribution in [0, 0.1) is 5.82 Å². The lowest BCUT2D eigenvalue weighted by Gasteiger charge is -2.11. The van der Waals surface area contributed by atoms with E-state index in [-0.39, 0.29) is 6.61 Å². The van der Waals surface area contributed by atoms with Gasteiger partial charge in [-0.05, 0) is 34.1 Å². The quantitative estimate of drug-likeness (QED) is 0.711. The topological polar surface area (TPSA) is 35.2 Å². The number of benzene rings is 2. The Morgan fingerprint density at radius 3 is 2.63 bits per heavy atom. The van der Waals surface area contributed by atoms with E-state index in [4.69, 9.17) is 22.1 Å². The van der Waals surface area contributed by atoms with E-state index >= 15 is 0 Å². The zero-order valence-corrected chi connectivity index (χ0v) is 13.5. The van der Waals surface area contributed by atoms with Gasteiger partial charge in [-0.3, -0.25) is 0 Å². The third-order valence-corrected chi connectivity index (χ3v) is 3.90. The Morgan fingerprint density at radius 1 is 1.21 bits per heavy atom. The molecule has 0 aliphatic heterocycles. The third-order valence-electron chi connectivity index (χ3n) is 2.45. The van der Waals surface area contributed by atoms with Gasteiger partial charge in [0.05, 0.1) is 10.2 Å². The standard InChI is InChI=1S/C13H9Br2ClFNO/c14-8-2-1-7(10(16)3-8)6-19-13-5-11(17)9(15)4-12(13)18/h1-5H,6,18H2. The average Bonchev–Trinajstić information content (AvgIpc) is 2.34. The van der Waals surface area contributed by atoms with Crippen LogP contribution in [0.1, 0.15) is 5.56 Å². The third kappa shape index (κ3) is 3.61. The number of hydrogen-bond acceptors (Lipinski definition) is 2. The molecule has 0 saturated carbocycles. The molecule has 100 valence electrons. The number of nitrogens with two attached hydrogens (primary N) is 1. The maximum absolute atomic E-state index is 13.4. The maximum atomic E-state index is 13.4. The molecule has 2 nitrogen and oxygen atoms in total. The summed E-state index contributed by atoms with van der Waals surface area (Å²) in [6, 6.07) is 8.17. The van der Waals surface area contributed by atoms with E-state index in [0.29, 0.717) is 20.9 Å². The summed E-state index contributed by atoms with van der Waals surface area (Å²) < 4.78 is 20.1. The van der Waals surface area contributed by atoms with Gasteiger partial charge in [0.15, 0.2) is 0 Å². The highest BCUT2D eigenvalue weighted by molar-refractivity contribution is 9.10. The van der Waals surface area contributed by atoms with Gasteiger partial charge in [-0.25, -0.2) is 4.39 Å². The van der Waals surface area contributed by atoms with Crippen molar-refractivity contribution in [2.45, 2.75) is 6.61 Å². The van der Waals surface area contributed by atoms with E-state index in [9.17, 15) is 4.39 Å². The molecule has 0 spiro atoms. The number of hydrogen-bond donors (Lipinski definition) is 1. The molecule has 0 aromatic heterocycles. The number of halogens is 4. The minimum Gasteiger partial charge on any atom is -0.487 e. The first-order valence-corrected chi connectivity index (χ1v) is 7.25. The van der Waals surface area contributed by atoms with E-state index < -0.39 is 5.82 Å². The van der Waals surface area contributed by atoms with E-state index in [1.54, 1.807) is 6.07 Å². The largest absolute Gasteiger partial charge is 0.487 e. The molecule has 19 heavy (non-hydrogen) atoms. The van der Waals surface area contributed by atoms with Gasteiger partial charge in [0, 0.05) is 21.1 Å². The lowest BCUT2D eigenvalue weighted by atomic mass is 10.2. The van der Waals surface area contributed by atoms with Crippen LogP contribution >= 0.6 is 43.5 Å². The predicted octanol–water partition coefficient (Wildman–Crippen LogP) is 5.17. The summed E-state index contributed by atoms with van der Waals surface area (Å²) in [5.41, 5.74) is 6.92. The molecule has 0 heterocycles. The molecule has 0 saturated heterocycles. The van der Waals surface area contributed by atoms with Crippen molar-refractivity contribution in [2.24, 2.45) is 0 Å². The molecule has 0 aliphatic rings. The molecule has 0 aliphatic carbocycles. The molecule has 2 rings (SSSR count). The van der Waals surface area contributed by atoms with Gasteiger partial charge in [0.1, 0.15) is 18.2 Å². The van der Waals surface area contributed by atoms with Crippen molar-refractivity contribution in [1.29, 1.82) is 0 Å². The Bertz CT molecular complexity index is 622. The molecular weight excluding hydrogens is 400 g/mol. The zero-order chi connectivity index (χ0) is 14.0. The fraction of sp³-hybridized carbons (Fsp3) is 0.0769. The molecule has 0 unspecified atom stereocenters. The summed E-state index contributed by atoms with van der Waals surface area (Å²) in [6.07, 6.45) is 0. The first-order chi connectivity index (χ1) is 8.97. The SMILES string of the molecule is Nc1cc(Br)c(F)cc1OCc1ccc(Br)cc1Cl. The van der Waals surface area contributed by atoms with Crippen LogP contribution in [0.4, 0.5) is 10.1 Å². The summed E-state index contributed by atoms with van der Waals surface area (Å²) in [5, 5.41) is 0.575. The monoisotopic (exact) mass is 407 g/mol. The van der Waals surface area contributed by atoms with Crippen molar-refractivity contribution in [2.75, 3.05) is 5.73 Å². The van der Waals surface area contributed by atoms with Crippen LogP contribution in [0.5, 0.6) is 5.75 Å². The second-order valence-electron chi connectivity index (χ2n) is 3.83. The Hall–Kier alpha value is -0.780. The van der Waals surface area contributed by atoms with E-state index in [1.165, 1.54) is 12.1 Å². The average molecular weight is 409 g/mol. The molecule has 2 aromatic carbocycles. The number of rotatable bonds is 3. The van der Waals surface area contributed by atoms with Crippen molar-refractivity contribution in [3.05, 3.63) is 55.7 Å². The van der Waals surface area contributed by atoms with E-state index in [2.05, 4.69) is 31.9 Å². The van der Waals surface area contributed by atoms with Crippen LogP contribution in [0.3, 0.4) is 0 Å². The van der Waals surface area contributed by atoms with Gasteiger partial charge in [-0.15, -0.1) is 0 Å². The first kappa shape index (κ1) is 14.6. The minimum absolute atomic E-state index is 0.220. The number of ether oxygens (including phenoxy) is 1. The molecule has 0 bridgehead atoms. The molecule has 0 atom stereocenters. The lowest BCUT2D eigenvalue weighted by Crippen LogP contribution is -2.00. The van der Waals surface area contributed by atoms with Gasteiger partial charge in [0.2, 0.25) is 0 Å². The Labute approximate surface area is 132 Å². The second kappa shape index (κ2) is 6.11. The minimum atomic E-state index is -0.425. The maximum Gasteiger partial charge on any atom is 0.145 e. The predicted molar refractivity (Wildman–Crippen MR) is 82.0 cm³/mol. The van der Waals surface area contributed by atoms with Gasteiger partial charge >= 0.3 is 0 Å². The molecule has 0 fully saturated rings. The Balaban J connectivity index is 2.16. The van der Waals surface area contributed by atoms with Crippen LogP contribution in [0.2, 0.25) is 5.02 Å². The number of nitrogen functional groups attached to an aromatic ring is 1. The Kier molecular flexibility index (Phi) is 4.71. The molecule has 0 amide bonds. The fourth-order valence-corrected chi connectivity index (χ4v) is 2.55. The normalized spacial score (nSPS) is 10.5. The smallest absolute Gasteiger partial charge is 0.145 e. The first-order valence-electron chi connectivity index (χ1n) is 5.28. The van der Waals surface area contributed by atoms with Crippen LogP contribution in [0.25, 0.3) is 0 Å². The van der Waals surface area contributed by atoms with Crippen LogP contribution in [-0.2, 0) is 6.61 Å². The molecule has 0 radical (unpaired) electrons. The molecule has 2 aromatic rings. The van der Waals surface area contributed by atoms with Crippen LogP contribution in [0.15, 0.2) is 39.3 Å². The van der Waals surface area contributed by atoms with Crippen molar-refractivity contribution >= 4 is 49.1 Å². The van der Waals surface area contributed by atoms with Gasteiger partial charge in [-0.2, -0.15) is 0 Å². The molecular formula is C13H9Br2ClFNO. The van der Waals surface area contributed by atoms with Gasteiger partial charge < -0.3 is 10.5 Å². The summed E-state index contributed by atoms with van der Waals surface area (Å²) in [7, 11) is 0. The summed E-state index contributed by atoms with van der Waals surface area (Å²) in [6.45, 7) is 0.220. The van der Waals surface area contributed by atoms with Crippen molar-refractivity contribution in [3.8, 4) is 5.75 Å². The molecule has 6 heteroatoms. The van der Waals surface area contributed by atoms with Crippen molar-refractivity contribution in [1.82, 2.24) is 0 Å². The summed E-state index contributed by atoms with van der Waals surface area (Å²) >= 11 is 12.4. The van der Waals surface area contributed by atoms with Gasteiger partial charge in [0.25, 0.3) is 0 Å².